The third-order valence-electron chi connectivity index (χ3n) is 6.00. The molecule has 1 aromatic heterocycles. The van der Waals surface area contributed by atoms with Gasteiger partial charge in [-0.2, -0.15) is 4.37 Å². The van der Waals surface area contributed by atoms with Gasteiger partial charge in [-0.1, -0.05) is 25.0 Å². The van der Waals surface area contributed by atoms with Crippen molar-refractivity contribution >= 4 is 34.9 Å². The molecule has 1 fully saturated rings. The lowest BCUT2D eigenvalue weighted by Gasteiger charge is -2.32. The van der Waals surface area contributed by atoms with Crippen molar-refractivity contribution in [2.45, 2.75) is 51.1 Å². The summed E-state index contributed by atoms with van der Waals surface area (Å²) >= 11 is 0.798. The number of hydrogen-bond acceptors (Lipinski definition) is 8. The first-order chi connectivity index (χ1) is 16.9. The molecule has 0 radical (unpaired) electrons. The van der Waals surface area contributed by atoms with Crippen molar-refractivity contribution in [1.82, 2.24) is 14.6 Å². The molecule has 0 saturated heterocycles. The van der Waals surface area contributed by atoms with E-state index in [1.54, 1.807) is 31.4 Å². The summed E-state index contributed by atoms with van der Waals surface area (Å²) in [5.74, 6) is -0.946. The molecular formula is C24H33N5O5S. The number of aromatic nitrogens is 1. The van der Waals surface area contributed by atoms with Gasteiger partial charge < -0.3 is 31.2 Å². The molecule has 0 spiro atoms. The number of anilines is 1. The molecule has 0 aliphatic heterocycles. The van der Waals surface area contributed by atoms with Crippen LogP contribution in [0.25, 0.3) is 0 Å². The fourth-order valence-corrected chi connectivity index (χ4v) is 4.96. The number of amides is 3. The standard InChI is InChI=1S/C24H33N5O5S/c1-3-34-14-6-13-29(24(32)21-18(25)19(22(26)30)28-35-21)20(15-9-11-17(33-2)12-10-15)23(31)27-16-7-4-5-8-16/h9-12,16,20H,3-8,13-14,25H2,1-2H3,(H2,26,30)(H,27,31)/t20-/m0/s1. The number of benzene rings is 1. The summed E-state index contributed by atoms with van der Waals surface area (Å²) in [6, 6.07) is 6.19. The number of ether oxygens (including phenoxy) is 2. The van der Waals surface area contributed by atoms with Gasteiger partial charge in [0.25, 0.3) is 11.8 Å². The van der Waals surface area contributed by atoms with Crippen molar-refractivity contribution < 1.29 is 23.9 Å². The number of carbonyl (C=O) groups excluding carboxylic acids is 3. The molecule has 35 heavy (non-hydrogen) atoms. The average molecular weight is 504 g/mol. The number of hydrogen-bond donors (Lipinski definition) is 3. The molecule has 10 nitrogen and oxygen atoms in total. The first kappa shape index (κ1) is 26.4. The SMILES string of the molecule is CCOCCCN(C(=O)c1snc(C(N)=O)c1N)[C@H](C(=O)NC1CCCC1)c1ccc(OC)cc1. The number of methoxy groups -OCH3 is 1. The van der Waals surface area contributed by atoms with Gasteiger partial charge >= 0.3 is 0 Å². The first-order valence-corrected chi connectivity index (χ1v) is 12.5. The Kier molecular flexibility index (Phi) is 9.44. The van der Waals surface area contributed by atoms with Gasteiger partial charge in [-0.05, 0) is 55.4 Å². The lowest BCUT2D eigenvalue weighted by atomic mass is 10.0. The zero-order chi connectivity index (χ0) is 25.4. The molecule has 1 aliphatic rings. The highest BCUT2D eigenvalue weighted by Crippen LogP contribution is 2.30. The Bertz CT molecular complexity index is 1020. The van der Waals surface area contributed by atoms with Crippen LogP contribution < -0.4 is 21.5 Å². The van der Waals surface area contributed by atoms with Crippen LogP contribution >= 0.6 is 11.5 Å². The molecule has 5 N–H and O–H groups in total. The Balaban J connectivity index is 2.00. The summed E-state index contributed by atoms with van der Waals surface area (Å²) in [5, 5.41) is 3.12. The van der Waals surface area contributed by atoms with E-state index in [2.05, 4.69) is 9.69 Å². The topological polar surface area (TPSA) is 150 Å². The number of carbonyl (C=O) groups is 3. The van der Waals surface area contributed by atoms with Gasteiger partial charge in [0.05, 0.1) is 12.8 Å². The molecule has 0 unspecified atom stereocenters. The van der Waals surface area contributed by atoms with E-state index in [-0.39, 0.29) is 34.8 Å². The number of nitrogens with two attached hydrogens (primary N) is 2. The third kappa shape index (κ3) is 6.49. The van der Waals surface area contributed by atoms with Crippen LogP contribution in [-0.4, -0.2) is 59.9 Å². The van der Waals surface area contributed by atoms with Crippen molar-refractivity contribution in [3.8, 4) is 5.75 Å². The minimum Gasteiger partial charge on any atom is -0.497 e. The summed E-state index contributed by atoms with van der Waals surface area (Å²) in [5.41, 5.74) is 11.8. The summed E-state index contributed by atoms with van der Waals surface area (Å²) in [6.07, 6.45) is 4.43. The second-order valence-corrected chi connectivity index (χ2v) is 9.13. The quantitative estimate of drug-likeness (QED) is 0.377. The van der Waals surface area contributed by atoms with Crippen LogP contribution in [0.3, 0.4) is 0 Å². The Morgan fingerprint density at radius 2 is 1.91 bits per heavy atom. The minimum atomic E-state index is -0.922. The Morgan fingerprint density at radius 3 is 2.49 bits per heavy atom. The summed E-state index contributed by atoms with van der Waals surface area (Å²) in [4.78, 5) is 40.6. The number of primary amides is 1. The summed E-state index contributed by atoms with van der Waals surface area (Å²) in [6.45, 7) is 3.09. The lowest BCUT2D eigenvalue weighted by molar-refractivity contribution is -0.126. The number of nitrogens with one attached hydrogen (secondary N) is 1. The van der Waals surface area contributed by atoms with Crippen molar-refractivity contribution in [3.05, 3.63) is 40.4 Å². The highest BCUT2D eigenvalue weighted by atomic mass is 32.1. The fourth-order valence-electron chi connectivity index (χ4n) is 4.20. The van der Waals surface area contributed by atoms with Crippen molar-refractivity contribution in [2.75, 3.05) is 32.6 Å². The summed E-state index contributed by atoms with van der Waals surface area (Å²) < 4.78 is 14.7. The predicted octanol–water partition coefficient (Wildman–Crippen LogP) is 2.50. The van der Waals surface area contributed by atoms with Crippen molar-refractivity contribution in [2.24, 2.45) is 5.73 Å². The molecule has 3 rings (SSSR count). The predicted molar refractivity (Wildman–Crippen MR) is 133 cm³/mol. The third-order valence-corrected chi connectivity index (χ3v) is 6.85. The molecule has 2 aromatic rings. The van der Waals surface area contributed by atoms with Gasteiger partial charge in [-0.15, -0.1) is 0 Å². The lowest BCUT2D eigenvalue weighted by Crippen LogP contribution is -2.46. The molecule has 1 heterocycles. The van der Waals surface area contributed by atoms with Gasteiger partial charge in [0, 0.05) is 25.8 Å². The Morgan fingerprint density at radius 1 is 1.23 bits per heavy atom. The van der Waals surface area contributed by atoms with E-state index in [1.807, 2.05) is 6.92 Å². The molecule has 1 saturated carbocycles. The first-order valence-electron chi connectivity index (χ1n) is 11.7. The molecular weight excluding hydrogens is 470 g/mol. The fraction of sp³-hybridized carbons (Fsp3) is 0.500. The average Bonchev–Trinajstić information content (AvgIpc) is 3.50. The van der Waals surface area contributed by atoms with E-state index in [0.717, 1.165) is 37.2 Å². The Labute approximate surface area is 209 Å². The van der Waals surface area contributed by atoms with Crippen molar-refractivity contribution in [3.63, 3.8) is 0 Å². The van der Waals surface area contributed by atoms with Crippen LogP contribution in [0.5, 0.6) is 5.75 Å². The monoisotopic (exact) mass is 503 g/mol. The largest absolute Gasteiger partial charge is 0.497 e. The Hall–Kier alpha value is -3.18. The van der Waals surface area contributed by atoms with Gasteiger partial charge in [0.15, 0.2) is 5.69 Å². The maximum Gasteiger partial charge on any atom is 0.270 e. The highest BCUT2D eigenvalue weighted by Gasteiger charge is 2.35. The smallest absolute Gasteiger partial charge is 0.270 e. The van der Waals surface area contributed by atoms with E-state index in [4.69, 9.17) is 20.9 Å². The molecule has 3 amide bonds. The zero-order valence-electron chi connectivity index (χ0n) is 20.1. The number of nitrogens with zero attached hydrogens (tertiary/aromatic N) is 2. The second-order valence-electron chi connectivity index (χ2n) is 8.35. The summed E-state index contributed by atoms with van der Waals surface area (Å²) in [7, 11) is 1.56. The molecule has 0 bridgehead atoms. The van der Waals surface area contributed by atoms with Crippen molar-refractivity contribution in [1.29, 1.82) is 0 Å². The minimum absolute atomic E-state index is 0.0681. The van der Waals surface area contributed by atoms with E-state index in [1.165, 1.54) is 4.90 Å². The maximum atomic E-state index is 13.8. The molecule has 1 aromatic carbocycles. The van der Waals surface area contributed by atoms with E-state index < -0.39 is 17.9 Å². The zero-order valence-corrected chi connectivity index (χ0v) is 20.9. The van der Waals surface area contributed by atoms with Gasteiger partial charge in [-0.25, -0.2) is 0 Å². The number of rotatable bonds is 12. The van der Waals surface area contributed by atoms with Crippen LogP contribution in [-0.2, 0) is 9.53 Å². The molecule has 1 aliphatic carbocycles. The molecule has 1 atom stereocenters. The van der Waals surface area contributed by atoms with Gasteiger partial charge in [-0.3, -0.25) is 14.4 Å². The second kappa shape index (κ2) is 12.5. The van der Waals surface area contributed by atoms with Crippen LogP contribution in [0, 0.1) is 0 Å². The van der Waals surface area contributed by atoms with Crippen LogP contribution in [0.2, 0.25) is 0 Å². The highest BCUT2D eigenvalue weighted by molar-refractivity contribution is 7.09. The van der Waals surface area contributed by atoms with Gasteiger partial charge in [0.1, 0.15) is 16.7 Å². The maximum absolute atomic E-state index is 13.8. The van der Waals surface area contributed by atoms with Gasteiger partial charge in [0.2, 0.25) is 5.91 Å². The normalized spacial score (nSPS) is 14.5. The molecule has 11 heteroatoms. The van der Waals surface area contributed by atoms with E-state index in [9.17, 15) is 14.4 Å². The van der Waals surface area contributed by atoms with Crippen LogP contribution in [0.4, 0.5) is 5.69 Å². The van der Waals surface area contributed by atoms with E-state index in [0.29, 0.717) is 30.9 Å². The van der Waals surface area contributed by atoms with Crippen LogP contribution in [0.15, 0.2) is 24.3 Å². The molecule has 190 valence electrons. The van der Waals surface area contributed by atoms with Crippen LogP contribution in [0.1, 0.15) is 70.8 Å². The number of nitrogen functional groups attached to an aromatic ring is 1. The van der Waals surface area contributed by atoms with E-state index >= 15 is 0 Å².